The lowest BCUT2D eigenvalue weighted by molar-refractivity contribution is 0.212. The number of aryl methyl sites for hydroxylation is 3. The molecular formula is C12H14BrN3OS. The zero-order valence-corrected chi connectivity index (χ0v) is 12.5. The summed E-state index contributed by atoms with van der Waals surface area (Å²) in [6.45, 7) is 0. The fourth-order valence-corrected chi connectivity index (χ4v) is 4.20. The first-order valence-corrected chi connectivity index (χ1v) is 7.62. The van der Waals surface area contributed by atoms with Gasteiger partial charge >= 0.3 is 0 Å². The van der Waals surface area contributed by atoms with Gasteiger partial charge in [-0.15, -0.1) is 16.4 Å². The third-order valence-corrected chi connectivity index (χ3v) is 5.23. The Morgan fingerprint density at radius 2 is 2.22 bits per heavy atom. The van der Waals surface area contributed by atoms with Crippen molar-refractivity contribution in [3.63, 3.8) is 0 Å². The molecule has 0 amide bonds. The number of hydrogen-bond donors (Lipinski definition) is 1. The van der Waals surface area contributed by atoms with Crippen LogP contribution in [0, 0.1) is 0 Å². The summed E-state index contributed by atoms with van der Waals surface area (Å²) in [6.07, 6.45) is 4.17. The molecule has 0 aliphatic heterocycles. The van der Waals surface area contributed by atoms with Crippen LogP contribution >= 0.6 is 27.3 Å². The summed E-state index contributed by atoms with van der Waals surface area (Å²) >= 11 is 5.06. The predicted molar refractivity (Wildman–Crippen MR) is 73.7 cm³/mol. The van der Waals surface area contributed by atoms with Crippen molar-refractivity contribution in [3.8, 4) is 0 Å². The summed E-state index contributed by atoms with van der Waals surface area (Å²) in [4.78, 5) is 2.43. The highest BCUT2D eigenvalue weighted by atomic mass is 79.9. The Morgan fingerprint density at radius 3 is 2.89 bits per heavy atom. The zero-order chi connectivity index (χ0) is 12.7. The highest BCUT2D eigenvalue weighted by Crippen LogP contribution is 2.36. The van der Waals surface area contributed by atoms with Crippen LogP contribution in [0.3, 0.4) is 0 Å². The maximum atomic E-state index is 10.5. The Balaban J connectivity index is 1.97. The molecule has 0 saturated heterocycles. The number of nitrogens with zero attached hydrogens (tertiary/aromatic N) is 3. The van der Waals surface area contributed by atoms with Gasteiger partial charge in [-0.1, -0.05) is 5.21 Å². The van der Waals surface area contributed by atoms with Crippen LogP contribution in [0.2, 0.25) is 0 Å². The number of halogens is 1. The summed E-state index contributed by atoms with van der Waals surface area (Å²) < 4.78 is 2.23. The normalized spacial score (nSPS) is 16.6. The second-order valence-corrected chi connectivity index (χ2v) is 6.52. The third-order valence-electron chi connectivity index (χ3n) is 3.37. The SMILES string of the molecule is Cn1nnc(Br)c1C(O)c1cc2c(s1)CCCC2. The summed E-state index contributed by atoms with van der Waals surface area (Å²) in [5.41, 5.74) is 2.13. The average molecular weight is 328 g/mol. The van der Waals surface area contributed by atoms with E-state index in [-0.39, 0.29) is 0 Å². The molecule has 1 aliphatic rings. The van der Waals surface area contributed by atoms with E-state index in [4.69, 9.17) is 0 Å². The monoisotopic (exact) mass is 327 g/mol. The van der Waals surface area contributed by atoms with Gasteiger partial charge in [0.25, 0.3) is 0 Å². The number of aliphatic hydroxyl groups excluding tert-OH is 1. The molecule has 0 saturated carbocycles. The van der Waals surface area contributed by atoms with E-state index in [1.54, 1.807) is 23.1 Å². The third kappa shape index (κ3) is 2.02. The second kappa shape index (κ2) is 4.75. The molecule has 0 spiro atoms. The molecular weight excluding hydrogens is 314 g/mol. The molecule has 0 aromatic carbocycles. The number of thiophene rings is 1. The molecule has 0 radical (unpaired) electrons. The summed E-state index contributed by atoms with van der Waals surface area (Å²) in [5, 5.41) is 18.3. The number of rotatable bonds is 2. The molecule has 2 aromatic heterocycles. The van der Waals surface area contributed by atoms with E-state index < -0.39 is 6.10 Å². The van der Waals surface area contributed by atoms with Crippen molar-refractivity contribution in [3.05, 3.63) is 31.7 Å². The van der Waals surface area contributed by atoms with E-state index in [0.29, 0.717) is 10.3 Å². The molecule has 0 bridgehead atoms. The molecule has 18 heavy (non-hydrogen) atoms. The van der Waals surface area contributed by atoms with Crippen molar-refractivity contribution < 1.29 is 5.11 Å². The minimum atomic E-state index is -0.644. The van der Waals surface area contributed by atoms with Gasteiger partial charge in [0.05, 0.1) is 0 Å². The summed E-state index contributed by atoms with van der Waals surface area (Å²) in [5.74, 6) is 0. The Hall–Kier alpha value is -0.720. The van der Waals surface area contributed by atoms with Gasteiger partial charge in [0, 0.05) is 16.8 Å². The topological polar surface area (TPSA) is 50.9 Å². The molecule has 3 rings (SSSR count). The largest absolute Gasteiger partial charge is 0.381 e. The van der Waals surface area contributed by atoms with E-state index in [1.807, 2.05) is 0 Å². The second-order valence-electron chi connectivity index (χ2n) is 4.60. The predicted octanol–water partition coefficient (Wildman–Crippen LogP) is 2.60. The van der Waals surface area contributed by atoms with Gasteiger partial charge in [0.1, 0.15) is 11.8 Å². The van der Waals surface area contributed by atoms with Crippen molar-refractivity contribution in [2.24, 2.45) is 7.05 Å². The molecule has 2 aromatic rings. The van der Waals surface area contributed by atoms with Gasteiger partial charge in [0.2, 0.25) is 0 Å². The fraction of sp³-hybridized carbons (Fsp3) is 0.500. The maximum Gasteiger partial charge on any atom is 0.154 e. The average Bonchev–Trinajstić information content (AvgIpc) is 2.92. The van der Waals surface area contributed by atoms with Crippen LogP contribution in [0.4, 0.5) is 0 Å². The molecule has 6 heteroatoms. The number of fused-ring (bicyclic) bond motifs is 1. The van der Waals surface area contributed by atoms with E-state index in [1.165, 1.54) is 23.3 Å². The highest BCUT2D eigenvalue weighted by molar-refractivity contribution is 9.10. The Bertz CT molecular complexity index is 535. The van der Waals surface area contributed by atoms with Gasteiger partial charge in [-0.05, 0) is 53.2 Å². The van der Waals surface area contributed by atoms with Crippen molar-refractivity contribution in [2.45, 2.75) is 31.8 Å². The first-order chi connectivity index (χ1) is 8.66. The lowest BCUT2D eigenvalue weighted by Crippen LogP contribution is -2.05. The zero-order valence-electron chi connectivity index (χ0n) is 10.1. The van der Waals surface area contributed by atoms with Crippen LogP contribution in [0.1, 0.15) is 40.0 Å². The maximum absolute atomic E-state index is 10.5. The van der Waals surface area contributed by atoms with Gasteiger partial charge in [0.15, 0.2) is 4.60 Å². The smallest absolute Gasteiger partial charge is 0.154 e. The lowest BCUT2D eigenvalue weighted by Gasteiger charge is -2.08. The Kier molecular flexibility index (Phi) is 3.25. The van der Waals surface area contributed by atoms with Crippen LogP contribution in [0.15, 0.2) is 10.7 Å². The van der Waals surface area contributed by atoms with E-state index in [0.717, 1.165) is 17.7 Å². The number of aromatic nitrogens is 3. The van der Waals surface area contributed by atoms with Gasteiger partial charge < -0.3 is 5.11 Å². The Morgan fingerprint density at radius 1 is 1.44 bits per heavy atom. The van der Waals surface area contributed by atoms with Crippen LogP contribution in [-0.2, 0) is 19.9 Å². The molecule has 4 nitrogen and oxygen atoms in total. The highest BCUT2D eigenvalue weighted by Gasteiger charge is 2.23. The number of aliphatic hydroxyl groups is 1. The molecule has 1 aliphatic carbocycles. The van der Waals surface area contributed by atoms with Crippen molar-refractivity contribution in [1.82, 2.24) is 15.0 Å². The first-order valence-electron chi connectivity index (χ1n) is 6.01. The van der Waals surface area contributed by atoms with E-state index >= 15 is 0 Å². The molecule has 1 N–H and O–H groups in total. The van der Waals surface area contributed by atoms with Crippen molar-refractivity contribution >= 4 is 27.3 Å². The first kappa shape index (κ1) is 12.3. The summed E-state index contributed by atoms with van der Waals surface area (Å²) in [6, 6.07) is 2.14. The molecule has 1 atom stereocenters. The fourth-order valence-electron chi connectivity index (χ4n) is 2.41. The molecule has 1 unspecified atom stereocenters. The molecule has 96 valence electrons. The standard InChI is InChI=1S/C12H14BrN3OS/c1-16-10(12(13)14-15-16)11(17)9-6-7-4-2-3-5-8(7)18-9/h6,11,17H,2-5H2,1H3. The van der Waals surface area contributed by atoms with Crippen LogP contribution in [-0.4, -0.2) is 20.1 Å². The van der Waals surface area contributed by atoms with Crippen LogP contribution < -0.4 is 0 Å². The van der Waals surface area contributed by atoms with Crippen LogP contribution in [0.5, 0.6) is 0 Å². The van der Waals surface area contributed by atoms with Gasteiger partial charge in [-0.3, -0.25) is 0 Å². The number of hydrogen-bond acceptors (Lipinski definition) is 4. The molecule has 0 fully saturated rings. The minimum absolute atomic E-state index is 0.615. The lowest BCUT2D eigenvalue weighted by atomic mass is 9.99. The quantitative estimate of drug-likeness (QED) is 0.922. The van der Waals surface area contributed by atoms with E-state index in [2.05, 4.69) is 32.3 Å². The van der Waals surface area contributed by atoms with Gasteiger partial charge in [-0.25, -0.2) is 4.68 Å². The van der Waals surface area contributed by atoms with Crippen molar-refractivity contribution in [1.29, 1.82) is 0 Å². The molecule has 2 heterocycles. The van der Waals surface area contributed by atoms with Crippen molar-refractivity contribution in [2.75, 3.05) is 0 Å². The summed E-state index contributed by atoms with van der Waals surface area (Å²) in [7, 11) is 1.80. The van der Waals surface area contributed by atoms with E-state index in [9.17, 15) is 5.11 Å². The minimum Gasteiger partial charge on any atom is -0.381 e. The van der Waals surface area contributed by atoms with Gasteiger partial charge in [-0.2, -0.15) is 0 Å². The van der Waals surface area contributed by atoms with Crippen LogP contribution in [0.25, 0.3) is 0 Å². The Labute approximate surface area is 118 Å².